The van der Waals surface area contributed by atoms with Gasteiger partial charge in [0.1, 0.15) is 5.69 Å². The van der Waals surface area contributed by atoms with Crippen molar-refractivity contribution in [1.82, 2.24) is 30.5 Å². The molecule has 1 aromatic carbocycles. The number of tetrazole rings is 1. The molecule has 0 aliphatic rings. The Balaban J connectivity index is 2.20. The fraction of sp³-hybridized carbons (Fsp3) is 0.350. The SMILES string of the molecule is Cc1ccc(-c2cc(C(=O)NC(C)CO)c(F)c(-n3nnnc3C(C)C)c2)nc1. The molecule has 0 spiro atoms. The number of hydrogen-bond donors (Lipinski definition) is 2. The predicted molar refractivity (Wildman–Crippen MR) is 105 cm³/mol. The molecule has 0 fully saturated rings. The molecular weight excluding hydrogens is 375 g/mol. The van der Waals surface area contributed by atoms with E-state index >= 15 is 4.39 Å². The van der Waals surface area contributed by atoms with Crippen LogP contribution >= 0.6 is 0 Å². The molecule has 29 heavy (non-hydrogen) atoms. The summed E-state index contributed by atoms with van der Waals surface area (Å²) in [6.45, 7) is 7.06. The molecule has 2 aromatic heterocycles. The topological polar surface area (TPSA) is 106 Å². The molecule has 1 atom stereocenters. The van der Waals surface area contributed by atoms with E-state index in [1.165, 1.54) is 10.7 Å². The van der Waals surface area contributed by atoms with Gasteiger partial charge in [-0.1, -0.05) is 19.9 Å². The zero-order valence-corrected chi connectivity index (χ0v) is 16.7. The molecule has 0 aliphatic carbocycles. The number of pyridine rings is 1. The summed E-state index contributed by atoms with van der Waals surface area (Å²) in [7, 11) is 0. The number of carbonyl (C=O) groups excluding carboxylic acids is 1. The van der Waals surface area contributed by atoms with E-state index in [2.05, 4.69) is 25.8 Å². The van der Waals surface area contributed by atoms with Gasteiger partial charge in [-0.05, 0) is 48.0 Å². The summed E-state index contributed by atoms with van der Waals surface area (Å²) in [4.78, 5) is 17.1. The first-order valence-corrected chi connectivity index (χ1v) is 9.28. The van der Waals surface area contributed by atoms with E-state index in [9.17, 15) is 9.90 Å². The van der Waals surface area contributed by atoms with Crippen LogP contribution in [0, 0.1) is 12.7 Å². The van der Waals surface area contributed by atoms with Crippen molar-refractivity contribution in [3.05, 3.63) is 53.2 Å². The number of aromatic nitrogens is 5. The average molecular weight is 398 g/mol. The monoisotopic (exact) mass is 398 g/mol. The highest BCUT2D eigenvalue weighted by Gasteiger charge is 2.23. The van der Waals surface area contributed by atoms with Gasteiger partial charge in [-0.3, -0.25) is 9.78 Å². The van der Waals surface area contributed by atoms with Crippen molar-refractivity contribution in [2.75, 3.05) is 6.61 Å². The van der Waals surface area contributed by atoms with E-state index in [1.54, 1.807) is 25.3 Å². The molecule has 1 amide bonds. The van der Waals surface area contributed by atoms with Crippen molar-refractivity contribution in [1.29, 1.82) is 0 Å². The molecule has 3 aromatic rings. The van der Waals surface area contributed by atoms with E-state index in [-0.39, 0.29) is 23.8 Å². The normalized spacial score (nSPS) is 12.2. The van der Waals surface area contributed by atoms with Crippen LogP contribution in [-0.2, 0) is 0 Å². The second-order valence-corrected chi connectivity index (χ2v) is 7.24. The number of amides is 1. The van der Waals surface area contributed by atoms with Crippen LogP contribution in [0.25, 0.3) is 16.9 Å². The van der Waals surface area contributed by atoms with Crippen molar-refractivity contribution in [2.24, 2.45) is 0 Å². The first kappa shape index (κ1) is 20.5. The van der Waals surface area contributed by atoms with Crippen LogP contribution in [0.1, 0.15) is 48.4 Å². The summed E-state index contributed by atoms with van der Waals surface area (Å²) < 4.78 is 16.7. The first-order chi connectivity index (χ1) is 13.8. The standard InChI is InChI=1S/C20H23FN6O2/c1-11(2)19-24-25-26-27(19)17-8-14(16-6-5-12(3)9-22-16)7-15(18(17)21)20(29)23-13(4)10-28/h5-9,11,13,28H,10H2,1-4H3,(H,23,29). The Morgan fingerprint density at radius 1 is 1.28 bits per heavy atom. The number of nitrogens with one attached hydrogen (secondary N) is 1. The lowest BCUT2D eigenvalue weighted by Crippen LogP contribution is -2.35. The number of carbonyl (C=O) groups is 1. The summed E-state index contributed by atoms with van der Waals surface area (Å²) >= 11 is 0. The minimum atomic E-state index is -0.752. The summed E-state index contributed by atoms with van der Waals surface area (Å²) in [5.74, 6) is -0.985. The summed E-state index contributed by atoms with van der Waals surface area (Å²) in [5, 5.41) is 23.3. The Hall–Kier alpha value is -3.20. The van der Waals surface area contributed by atoms with Gasteiger partial charge in [-0.25, -0.2) is 4.39 Å². The predicted octanol–water partition coefficient (Wildman–Crippen LogP) is 2.41. The highest BCUT2D eigenvalue weighted by atomic mass is 19.1. The molecule has 152 valence electrons. The van der Waals surface area contributed by atoms with Gasteiger partial charge in [-0.2, -0.15) is 4.68 Å². The Kier molecular flexibility index (Phi) is 5.97. The van der Waals surface area contributed by atoms with Gasteiger partial charge in [0, 0.05) is 23.7 Å². The van der Waals surface area contributed by atoms with Crippen molar-refractivity contribution in [2.45, 2.75) is 39.7 Å². The van der Waals surface area contributed by atoms with Gasteiger partial charge < -0.3 is 10.4 Å². The first-order valence-electron chi connectivity index (χ1n) is 9.28. The number of benzene rings is 1. The molecule has 3 rings (SSSR count). The van der Waals surface area contributed by atoms with Crippen molar-refractivity contribution >= 4 is 5.91 Å². The molecule has 8 nitrogen and oxygen atoms in total. The lowest BCUT2D eigenvalue weighted by atomic mass is 10.0. The maximum Gasteiger partial charge on any atom is 0.254 e. The summed E-state index contributed by atoms with van der Waals surface area (Å²) in [6, 6.07) is 6.17. The van der Waals surface area contributed by atoms with Crippen LogP contribution in [0.4, 0.5) is 4.39 Å². The molecule has 0 bridgehead atoms. The number of nitrogens with zero attached hydrogens (tertiary/aromatic N) is 5. The van der Waals surface area contributed by atoms with Gasteiger partial charge >= 0.3 is 0 Å². The highest BCUT2D eigenvalue weighted by Crippen LogP contribution is 2.28. The third-order valence-corrected chi connectivity index (χ3v) is 4.39. The number of aryl methyl sites for hydroxylation is 1. The second kappa shape index (κ2) is 8.44. The van der Waals surface area contributed by atoms with E-state index in [1.807, 2.05) is 26.8 Å². The molecule has 1 unspecified atom stereocenters. The van der Waals surface area contributed by atoms with Crippen molar-refractivity contribution < 1.29 is 14.3 Å². The zero-order chi connectivity index (χ0) is 21.1. The molecular formula is C20H23FN6O2. The van der Waals surface area contributed by atoms with Crippen LogP contribution in [0.15, 0.2) is 30.5 Å². The van der Waals surface area contributed by atoms with E-state index < -0.39 is 17.8 Å². The molecule has 0 saturated carbocycles. The third kappa shape index (κ3) is 4.29. The average Bonchev–Trinajstić information content (AvgIpc) is 3.18. The van der Waals surface area contributed by atoms with Crippen LogP contribution in [0.2, 0.25) is 0 Å². The van der Waals surface area contributed by atoms with Crippen molar-refractivity contribution in [3.8, 4) is 16.9 Å². The molecule has 0 saturated heterocycles. The van der Waals surface area contributed by atoms with Crippen LogP contribution in [-0.4, -0.2) is 48.9 Å². The number of aliphatic hydroxyl groups excluding tert-OH is 1. The molecule has 0 aliphatic heterocycles. The summed E-state index contributed by atoms with van der Waals surface area (Å²) in [6.07, 6.45) is 1.70. The van der Waals surface area contributed by atoms with E-state index in [0.717, 1.165) is 5.56 Å². The van der Waals surface area contributed by atoms with Crippen LogP contribution < -0.4 is 5.32 Å². The quantitative estimate of drug-likeness (QED) is 0.661. The van der Waals surface area contributed by atoms with E-state index in [0.29, 0.717) is 17.1 Å². The third-order valence-electron chi connectivity index (χ3n) is 4.39. The van der Waals surface area contributed by atoms with Gasteiger partial charge in [0.15, 0.2) is 11.6 Å². The number of aliphatic hydroxyl groups is 1. The van der Waals surface area contributed by atoms with E-state index in [4.69, 9.17) is 0 Å². The maximum absolute atomic E-state index is 15.4. The highest BCUT2D eigenvalue weighted by molar-refractivity contribution is 5.96. The van der Waals surface area contributed by atoms with Crippen LogP contribution in [0.5, 0.6) is 0 Å². The zero-order valence-electron chi connectivity index (χ0n) is 16.7. The lowest BCUT2D eigenvalue weighted by molar-refractivity contribution is 0.0918. The van der Waals surface area contributed by atoms with Gasteiger partial charge in [-0.15, -0.1) is 5.10 Å². The minimum absolute atomic E-state index is 0.0559. The molecule has 2 N–H and O–H groups in total. The smallest absolute Gasteiger partial charge is 0.254 e. The lowest BCUT2D eigenvalue weighted by Gasteiger charge is -2.15. The molecule has 0 radical (unpaired) electrons. The summed E-state index contributed by atoms with van der Waals surface area (Å²) in [5.41, 5.74) is 1.99. The minimum Gasteiger partial charge on any atom is -0.394 e. The number of hydrogen-bond acceptors (Lipinski definition) is 6. The van der Waals surface area contributed by atoms with Crippen molar-refractivity contribution in [3.63, 3.8) is 0 Å². The van der Waals surface area contributed by atoms with Gasteiger partial charge in [0.05, 0.1) is 17.9 Å². The molecule has 2 heterocycles. The Bertz CT molecular complexity index is 1020. The number of rotatable bonds is 6. The van der Waals surface area contributed by atoms with Crippen LogP contribution in [0.3, 0.4) is 0 Å². The fourth-order valence-electron chi connectivity index (χ4n) is 2.79. The number of halogens is 1. The van der Waals surface area contributed by atoms with Gasteiger partial charge in [0.2, 0.25) is 0 Å². The fourth-order valence-corrected chi connectivity index (χ4v) is 2.79. The largest absolute Gasteiger partial charge is 0.394 e. The Labute approximate surface area is 167 Å². The molecule has 9 heteroatoms. The second-order valence-electron chi connectivity index (χ2n) is 7.24. The Morgan fingerprint density at radius 2 is 2.03 bits per heavy atom. The van der Waals surface area contributed by atoms with Gasteiger partial charge in [0.25, 0.3) is 5.91 Å². The Morgan fingerprint density at radius 3 is 2.66 bits per heavy atom. The maximum atomic E-state index is 15.4.